The molecule has 2 nitrogen and oxygen atoms in total. The first-order valence-electron chi connectivity index (χ1n) is 6.02. The first kappa shape index (κ1) is 13.5. The molecule has 0 bridgehead atoms. The molecule has 0 saturated heterocycles. The van der Waals surface area contributed by atoms with E-state index in [0.29, 0.717) is 12.1 Å². The van der Waals surface area contributed by atoms with Crippen LogP contribution in [0.2, 0.25) is 0 Å². The summed E-state index contributed by atoms with van der Waals surface area (Å²) < 4.78 is 26.1. The molecule has 0 saturated carbocycles. The van der Waals surface area contributed by atoms with Gasteiger partial charge in [0.2, 0.25) is 0 Å². The minimum Gasteiger partial charge on any atom is -0.508 e. The molecule has 0 aliphatic rings. The molecular formula is C15H15F2NO. The zero-order chi connectivity index (χ0) is 13.8. The third-order valence-corrected chi connectivity index (χ3v) is 2.99. The molecule has 1 atom stereocenters. The molecule has 19 heavy (non-hydrogen) atoms. The molecule has 2 aromatic rings. The van der Waals surface area contributed by atoms with Crippen molar-refractivity contribution in [3.05, 3.63) is 65.2 Å². The van der Waals surface area contributed by atoms with Gasteiger partial charge in [-0.15, -0.1) is 0 Å². The van der Waals surface area contributed by atoms with Crippen LogP contribution in [0.5, 0.6) is 5.75 Å². The van der Waals surface area contributed by atoms with Gasteiger partial charge in [-0.2, -0.15) is 0 Å². The zero-order valence-electron chi connectivity index (χ0n) is 10.5. The molecule has 2 aromatic carbocycles. The Kier molecular flexibility index (Phi) is 4.12. The smallest absolute Gasteiger partial charge is 0.123 e. The Balaban J connectivity index is 2.04. The molecule has 100 valence electrons. The Bertz CT molecular complexity index is 572. The third-order valence-electron chi connectivity index (χ3n) is 2.99. The van der Waals surface area contributed by atoms with E-state index in [9.17, 15) is 13.9 Å². The largest absolute Gasteiger partial charge is 0.508 e. The van der Waals surface area contributed by atoms with Crippen LogP contribution < -0.4 is 5.32 Å². The number of nitrogens with one attached hydrogen (secondary N) is 1. The van der Waals surface area contributed by atoms with Crippen molar-refractivity contribution in [1.29, 1.82) is 0 Å². The summed E-state index contributed by atoms with van der Waals surface area (Å²) in [5.74, 6) is -0.645. The number of hydrogen-bond acceptors (Lipinski definition) is 2. The van der Waals surface area contributed by atoms with E-state index >= 15 is 0 Å². The van der Waals surface area contributed by atoms with Crippen LogP contribution in [0.1, 0.15) is 24.1 Å². The molecule has 0 spiro atoms. The molecule has 0 radical (unpaired) electrons. The Hall–Kier alpha value is -1.94. The van der Waals surface area contributed by atoms with Crippen LogP contribution in [0.4, 0.5) is 8.78 Å². The first-order chi connectivity index (χ1) is 9.06. The maximum absolute atomic E-state index is 13.1. The number of benzene rings is 2. The van der Waals surface area contributed by atoms with E-state index in [4.69, 9.17) is 0 Å². The second-order valence-electron chi connectivity index (χ2n) is 4.43. The van der Waals surface area contributed by atoms with Crippen LogP contribution in [0.3, 0.4) is 0 Å². The molecule has 0 aliphatic carbocycles. The van der Waals surface area contributed by atoms with Crippen molar-refractivity contribution in [3.8, 4) is 5.75 Å². The second kappa shape index (κ2) is 5.80. The van der Waals surface area contributed by atoms with Crippen LogP contribution in [0, 0.1) is 11.6 Å². The highest BCUT2D eigenvalue weighted by Crippen LogP contribution is 2.19. The van der Waals surface area contributed by atoms with Crippen molar-refractivity contribution in [2.24, 2.45) is 0 Å². The van der Waals surface area contributed by atoms with Gasteiger partial charge in [0.25, 0.3) is 0 Å². The Morgan fingerprint density at radius 1 is 1.11 bits per heavy atom. The quantitative estimate of drug-likeness (QED) is 0.884. The predicted molar refractivity (Wildman–Crippen MR) is 69.7 cm³/mol. The van der Waals surface area contributed by atoms with Crippen LogP contribution >= 0.6 is 0 Å². The van der Waals surface area contributed by atoms with Crippen molar-refractivity contribution in [2.75, 3.05) is 0 Å². The third kappa shape index (κ3) is 3.51. The lowest BCUT2D eigenvalue weighted by molar-refractivity contribution is 0.457. The highest BCUT2D eigenvalue weighted by Gasteiger charge is 2.08. The lowest BCUT2D eigenvalue weighted by Gasteiger charge is -2.15. The van der Waals surface area contributed by atoms with E-state index in [1.54, 1.807) is 6.07 Å². The summed E-state index contributed by atoms with van der Waals surface area (Å²) in [6.45, 7) is 2.19. The fraction of sp³-hybridized carbons (Fsp3) is 0.200. The van der Waals surface area contributed by atoms with E-state index < -0.39 is 5.82 Å². The first-order valence-corrected chi connectivity index (χ1v) is 6.02. The van der Waals surface area contributed by atoms with Gasteiger partial charge in [0, 0.05) is 18.2 Å². The summed E-state index contributed by atoms with van der Waals surface area (Å²) in [7, 11) is 0. The normalized spacial score (nSPS) is 12.4. The van der Waals surface area contributed by atoms with E-state index in [2.05, 4.69) is 5.32 Å². The lowest BCUT2D eigenvalue weighted by Crippen LogP contribution is -2.18. The monoisotopic (exact) mass is 263 g/mol. The highest BCUT2D eigenvalue weighted by atomic mass is 19.1. The number of hydrogen-bond donors (Lipinski definition) is 2. The summed E-state index contributed by atoms with van der Waals surface area (Å²) in [4.78, 5) is 0. The van der Waals surface area contributed by atoms with Crippen molar-refractivity contribution in [2.45, 2.75) is 19.5 Å². The van der Waals surface area contributed by atoms with Crippen molar-refractivity contribution in [1.82, 2.24) is 5.32 Å². The van der Waals surface area contributed by atoms with Crippen molar-refractivity contribution in [3.63, 3.8) is 0 Å². The SMILES string of the molecule is C[C@H](NCc1cc(F)ccc1O)c1cccc(F)c1. The lowest BCUT2D eigenvalue weighted by atomic mass is 10.1. The standard InChI is InChI=1S/C15H15F2NO/c1-10(11-3-2-4-13(16)7-11)18-9-12-8-14(17)5-6-15(12)19/h2-8,10,18-19H,9H2,1H3/t10-/m0/s1. The van der Waals surface area contributed by atoms with Crippen molar-refractivity contribution < 1.29 is 13.9 Å². The number of phenolic OH excluding ortho intramolecular Hbond substituents is 1. The second-order valence-corrected chi connectivity index (χ2v) is 4.43. The van der Waals surface area contributed by atoms with Gasteiger partial charge in [-0.3, -0.25) is 0 Å². The topological polar surface area (TPSA) is 32.3 Å². The fourth-order valence-corrected chi connectivity index (χ4v) is 1.85. The molecule has 0 unspecified atom stereocenters. The minimum absolute atomic E-state index is 0.0420. The maximum atomic E-state index is 13.1. The maximum Gasteiger partial charge on any atom is 0.123 e. The van der Waals surface area contributed by atoms with Crippen LogP contribution in [0.25, 0.3) is 0 Å². The van der Waals surface area contributed by atoms with Gasteiger partial charge in [-0.05, 0) is 42.8 Å². The molecule has 4 heteroatoms. The summed E-state index contributed by atoms with van der Waals surface area (Å²) in [6.07, 6.45) is 0. The Morgan fingerprint density at radius 2 is 1.84 bits per heavy atom. The van der Waals surface area contributed by atoms with Crippen LogP contribution in [0.15, 0.2) is 42.5 Å². The van der Waals surface area contributed by atoms with Gasteiger partial charge in [0.05, 0.1) is 0 Å². The summed E-state index contributed by atoms with van der Waals surface area (Å²) in [5, 5.41) is 12.7. The summed E-state index contributed by atoms with van der Waals surface area (Å²) >= 11 is 0. The minimum atomic E-state index is -0.395. The molecule has 2 N–H and O–H groups in total. The number of rotatable bonds is 4. The molecule has 0 aromatic heterocycles. The van der Waals surface area contributed by atoms with E-state index in [1.807, 2.05) is 13.0 Å². The summed E-state index contributed by atoms with van der Waals surface area (Å²) in [5.41, 5.74) is 1.28. The van der Waals surface area contributed by atoms with Gasteiger partial charge < -0.3 is 10.4 Å². The number of aromatic hydroxyl groups is 1. The zero-order valence-corrected chi connectivity index (χ0v) is 10.5. The van der Waals surface area contributed by atoms with Gasteiger partial charge >= 0.3 is 0 Å². The van der Waals surface area contributed by atoms with E-state index in [-0.39, 0.29) is 17.6 Å². The molecular weight excluding hydrogens is 248 g/mol. The number of halogens is 2. The average molecular weight is 263 g/mol. The highest BCUT2D eigenvalue weighted by molar-refractivity contribution is 5.32. The predicted octanol–water partition coefficient (Wildman–Crippen LogP) is 3.52. The van der Waals surface area contributed by atoms with Crippen LogP contribution in [-0.2, 0) is 6.54 Å². The van der Waals surface area contributed by atoms with Gasteiger partial charge in [-0.25, -0.2) is 8.78 Å². The Morgan fingerprint density at radius 3 is 2.58 bits per heavy atom. The average Bonchev–Trinajstić information content (AvgIpc) is 2.39. The Labute approximate surface area is 110 Å². The van der Waals surface area contributed by atoms with Crippen LogP contribution in [-0.4, -0.2) is 5.11 Å². The molecule has 2 rings (SSSR count). The van der Waals surface area contributed by atoms with Crippen molar-refractivity contribution >= 4 is 0 Å². The van der Waals surface area contributed by atoms with E-state index in [0.717, 1.165) is 5.56 Å². The van der Waals surface area contributed by atoms with Gasteiger partial charge in [-0.1, -0.05) is 12.1 Å². The van der Waals surface area contributed by atoms with E-state index in [1.165, 1.54) is 30.3 Å². The van der Waals surface area contributed by atoms with Gasteiger partial charge in [0.1, 0.15) is 17.4 Å². The fourth-order valence-electron chi connectivity index (χ4n) is 1.85. The number of phenols is 1. The van der Waals surface area contributed by atoms with Gasteiger partial charge in [0.15, 0.2) is 0 Å². The molecule has 0 amide bonds. The summed E-state index contributed by atoms with van der Waals surface area (Å²) in [6, 6.07) is 9.99. The molecule has 0 heterocycles. The molecule has 0 aliphatic heterocycles. The molecule has 0 fully saturated rings.